The molecule has 0 amide bonds. The van der Waals surface area contributed by atoms with E-state index in [2.05, 4.69) is 15.9 Å². The molecule has 1 rings (SSSR count). The molecule has 1 aromatic carbocycles. The fraction of sp³-hybridized carbons (Fsp3) is 0.429. The van der Waals surface area contributed by atoms with E-state index in [1.54, 1.807) is 19.9 Å². The molecule has 0 fully saturated rings. The minimum Gasteiger partial charge on any atom is -0.464 e. The summed E-state index contributed by atoms with van der Waals surface area (Å²) in [6, 6.07) is 5.93. The van der Waals surface area contributed by atoms with Gasteiger partial charge in [-0.1, -0.05) is 34.1 Å². The molecule has 0 aliphatic carbocycles. The zero-order chi connectivity index (χ0) is 15.2. The second-order valence-corrected chi connectivity index (χ2v) is 5.36. The minimum atomic E-state index is -1.73. The number of ether oxygens (including phenoxy) is 2. The number of alkyl halides is 1. The van der Waals surface area contributed by atoms with E-state index in [9.17, 15) is 14.0 Å². The second-order valence-electron chi connectivity index (χ2n) is 4.01. The second kappa shape index (κ2) is 7.38. The van der Waals surface area contributed by atoms with Gasteiger partial charge in [0.15, 0.2) is 0 Å². The number of esters is 2. The highest BCUT2D eigenvalue weighted by Crippen LogP contribution is 2.28. The van der Waals surface area contributed by atoms with Crippen molar-refractivity contribution in [1.82, 2.24) is 0 Å². The summed E-state index contributed by atoms with van der Waals surface area (Å²) in [5.74, 6) is -2.08. The van der Waals surface area contributed by atoms with Gasteiger partial charge in [-0.3, -0.25) is 0 Å². The smallest absolute Gasteiger partial charge is 0.334 e. The summed E-state index contributed by atoms with van der Waals surface area (Å²) in [6.07, 6.45) is -0.183. The lowest BCUT2D eigenvalue weighted by Crippen LogP contribution is -2.45. The fourth-order valence-electron chi connectivity index (χ4n) is 1.62. The van der Waals surface area contributed by atoms with Crippen molar-refractivity contribution in [2.24, 2.45) is 0 Å². The molecule has 0 bridgehead atoms. The lowest BCUT2D eigenvalue weighted by molar-refractivity contribution is -0.158. The van der Waals surface area contributed by atoms with Gasteiger partial charge in [-0.15, -0.1) is 0 Å². The third kappa shape index (κ3) is 3.79. The van der Waals surface area contributed by atoms with Crippen LogP contribution in [0.5, 0.6) is 0 Å². The molecule has 0 atom stereocenters. The van der Waals surface area contributed by atoms with Crippen molar-refractivity contribution in [3.63, 3.8) is 0 Å². The number of hydrogen-bond donors (Lipinski definition) is 0. The molecular formula is C14H16BrFO4. The molecule has 0 N–H and O–H groups in total. The largest absolute Gasteiger partial charge is 0.464 e. The summed E-state index contributed by atoms with van der Waals surface area (Å²) in [5.41, 5.74) is 0.227. The lowest BCUT2D eigenvalue weighted by atomic mass is 9.98. The molecule has 20 heavy (non-hydrogen) atoms. The summed E-state index contributed by atoms with van der Waals surface area (Å²) in [5, 5.41) is 0. The topological polar surface area (TPSA) is 52.6 Å². The minimum absolute atomic E-state index is 0.114. The molecule has 0 spiro atoms. The first kappa shape index (κ1) is 16.6. The highest BCUT2D eigenvalue weighted by Gasteiger charge is 2.47. The highest BCUT2D eigenvalue weighted by molar-refractivity contribution is 9.10. The van der Waals surface area contributed by atoms with Gasteiger partial charge in [-0.25, -0.2) is 14.0 Å². The van der Waals surface area contributed by atoms with Crippen LogP contribution in [0, 0.1) is 5.82 Å². The first-order valence-electron chi connectivity index (χ1n) is 6.22. The van der Waals surface area contributed by atoms with E-state index >= 15 is 0 Å². The Bertz CT molecular complexity index is 472. The van der Waals surface area contributed by atoms with Gasteiger partial charge in [0.1, 0.15) is 5.82 Å². The van der Waals surface area contributed by atoms with Gasteiger partial charge in [0.05, 0.1) is 13.2 Å². The summed E-state index contributed by atoms with van der Waals surface area (Å²) < 4.78 is 21.7. The van der Waals surface area contributed by atoms with Crippen LogP contribution < -0.4 is 0 Å². The standard InChI is InChI=1S/C14H16BrFO4/c1-3-19-12(17)14(15,13(18)20-4-2)9-10-7-5-6-8-11(10)16/h5-8H,3-4,9H2,1-2H3. The maximum absolute atomic E-state index is 13.7. The lowest BCUT2D eigenvalue weighted by Gasteiger charge is -2.23. The van der Waals surface area contributed by atoms with Crippen LogP contribution in [0.1, 0.15) is 19.4 Å². The first-order valence-corrected chi connectivity index (χ1v) is 7.01. The summed E-state index contributed by atoms with van der Waals surface area (Å²) in [4.78, 5) is 24.0. The monoisotopic (exact) mass is 346 g/mol. The Balaban J connectivity index is 3.08. The molecule has 110 valence electrons. The van der Waals surface area contributed by atoms with Crippen LogP contribution in [0.4, 0.5) is 4.39 Å². The Morgan fingerprint density at radius 2 is 1.65 bits per heavy atom. The quantitative estimate of drug-likeness (QED) is 0.451. The fourth-order valence-corrected chi connectivity index (χ4v) is 2.15. The Morgan fingerprint density at radius 1 is 1.15 bits per heavy atom. The average Bonchev–Trinajstić information content (AvgIpc) is 2.41. The highest BCUT2D eigenvalue weighted by atomic mass is 79.9. The molecule has 0 saturated heterocycles. The van der Waals surface area contributed by atoms with Crippen LogP contribution in [-0.4, -0.2) is 29.5 Å². The van der Waals surface area contributed by atoms with Crippen molar-refractivity contribution >= 4 is 27.9 Å². The third-order valence-electron chi connectivity index (χ3n) is 2.59. The van der Waals surface area contributed by atoms with Crippen LogP contribution >= 0.6 is 15.9 Å². The number of halogens is 2. The molecule has 0 radical (unpaired) electrons. The van der Waals surface area contributed by atoms with Crippen LogP contribution in [0.15, 0.2) is 24.3 Å². The molecule has 6 heteroatoms. The van der Waals surface area contributed by atoms with Gasteiger partial charge < -0.3 is 9.47 Å². The Kier molecular flexibility index (Phi) is 6.13. The molecule has 0 aliphatic rings. The van der Waals surface area contributed by atoms with Crippen molar-refractivity contribution in [3.8, 4) is 0 Å². The zero-order valence-electron chi connectivity index (χ0n) is 11.3. The number of rotatable bonds is 6. The Morgan fingerprint density at radius 3 is 2.10 bits per heavy atom. The SMILES string of the molecule is CCOC(=O)C(Br)(Cc1ccccc1F)C(=O)OCC. The average molecular weight is 347 g/mol. The molecule has 0 aromatic heterocycles. The first-order chi connectivity index (χ1) is 9.45. The zero-order valence-corrected chi connectivity index (χ0v) is 12.9. The summed E-state index contributed by atoms with van der Waals surface area (Å²) in [7, 11) is 0. The van der Waals surface area contributed by atoms with Crippen LogP contribution in [-0.2, 0) is 25.5 Å². The number of benzene rings is 1. The van der Waals surface area contributed by atoms with Gasteiger partial charge in [0.25, 0.3) is 0 Å². The summed E-state index contributed by atoms with van der Waals surface area (Å²) >= 11 is 3.07. The van der Waals surface area contributed by atoms with Gasteiger partial charge >= 0.3 is 11.9 Å². The van der Waals surface area contributed by atoms with E-state index in [0.717, 1.165) is 0 Å². The van der Waals surface area contributed by atoms with Crippen molar-refractivity contribution in [1.29, 1.82) is 0 Å². The van der Waals surface area contributed by atoms with Gasteiger partial charge in [0.2, 0.25) is 4.32 Å². The van der Waals surface area contributed by atoms with Crippen molar-refractivity contribution in [2.75, 3.05) is 13.2 Å². The molecule has 1 aromatic rings. The molecule has 0 aliphatic heterocycles. The predicted octanol–water partition coefficient (Wildman–Crippen LogP) is 2.63. The number of hydrogen-bond acceptors (Lipinski definition) is 4. The van der Waals surface area contributed by atoms with E-state index in [0.29, 0.717) is 0 Å². The molecule has 0 saturated carbocycles. The van der Waals surface area contributed by atoms with Crippen LogP contribution in [0.2, 0.25) is 0 Å². The van der Waals surface area contributed by atoms with Crippen molar-refractivity contribution in [3.05, 3.63) is 35.6 Å². The normalized spacial score (nSPS) is 11.0. The Hall–Kier alpha value is -1.43. The number of carbonyl (C=O) groups is 2. The van der Waals surface area contributed by atoms with Gasteiger partial charge in [-0.05, 0) is 25.5 Å². The summed E-state index contributed by atoms with van der Waals surface area (Å²) in [6.45, 7) is 3.48. The maximum Gasteiger partial charge on any atom is 0.334 e. The van der Waals surface area contributed by atoms with E-state index in [-0.39, 0.29) is 25.2 Å². The maximum atomic E-state index is 13.7. The number of carbonyl (C=O) groups excluding carboxylic acids is 2. The predicted molar refractivity (Wildman–Crippen MR) is 75.0 cm³/mol. The van der Waals surface area contributed by atoms with E-state index < -0.39 is 22.1 Å². The van der Waals surface area contributed by atoms with Crippen molar-refractivity contribution in [2.45, 2.75) is 24.6 Å². The Labute approximate surface area is 125 Å². The molecular weight excluding hydrogens is 331 g/mol. The van der Waals surface area contributed by atoms with E-state index in [1.807, 2.05) is 0 Å². The van der Waals surface area contributed by atoms with Crippen LogP contribution in [0.3, 0.4) is 0 Å². The van der Waals surface area contributed by atoms with Gasteiger partial charge in [0, 0.05) is 6.42 Å². The molecule has 4 nitrogen and oxygen atoms in total. The van der Waals surface area contributed by atoms with Crippen molar-refractivity contribution < 1.29 is 23.5 Å². The van der Waals surface area contributed by atoms with Crippen LogP contribution in [0.25, 0.3) is 0 Å². The third-order valence-corrected chi connectivity index (χ3v) is 3.52. The van der Waals surface area contributed by atoms with E-state index in [1.165, 1.54) is 18.2 Å². The van der Waals surface area contributed by atoms with Gasteiger partial charge in [-0.2, -0.15) is 0 Å². The molecule has 0 unspecified atom stereocenters. The van der Waals surface area contributed by atoms with E-state index in [4.69, 9.17) is 9.47 Å². The molecule has 0 heterocycles.